The van der Waals surface area contributed by atoms with Crippen molar-refractivity contribution in [3.05, 3.63) is 57.8 Å². The molecule has 3 heteroatoms. The number of carboxylic acids is 1. The van der Waals surface area contributed by atoms with Gasteiger partial charge in [-0.1, -0.05) is 30.3 Å². The van der Waals surface area contributed by atoms with E-state index in [0.717, 1.165) is 16.0 Å². The van der Waals surface area contributed by atoms with E-state index in [1.165, 1.54) is 11.3 Å². The third kappa shape index (κ3) is 2.74. The lowest BCUT2D eigenvalue weighted by atomic mass is 9.95. The smallest absolute Gasteiger partial charge is 0.312 e. The number of hydrogen-bond donors (Lipinski definition) is 1. The van der Waals surface area contributed by atoms with Crippen molar-refractivity contribution in [1.29, 1.82) is 0 Å². The first kappa shape index (κ1) is 11.9. The minimum atomic E-state index is -0.754. The lowest BCUT2D eigenvalue weighted by Gasteiger charge is -2.12. The van der Waals surface area contributed by atoms with Crippen LogP contribution in [0.1, 0.15) is 21.9 Å². The average molecular weight is 246 g/mol. The molecule has 2 nitrogen and oxygen atoms in total. The molecule has 0 amide bonds. The molecular weight excluding hydrogens is 232 g/mol. The first-order valence-corrected chi connectivity index (χ1v) is 6.37. The van der Waals surface area contributed by atoms with Crippen LogP contribution in [0.5, 0.6) is 0 Å². The van der Waals surface area contributed by atoms with Crippen molar-refractivity contribution >= 4 is 17.3 Å². The number of aliphatic carboxylic acids is 1. The first-order valence-electron chi connectivity index (χ1n) is 5.49. The second kappa shape index (κ2) is 5.15. The van der Waals surface area contributed by atoms with Crippen molar-refractivity contribution in [2.24, 2.45) is 0 Å². The van der Waals surface area contributed by atoms with E-state index in [-0.39, 0.29) is 0 Å². The minimum Gasteiger partial charge on any atom is -0.481 e. The van der Waals surface area contributed by atoms with Gasteiger partial charge in [-0.05, 0) is 35.9 Å². The minimum absolute atomic E-state index is 0.434. The highest BCUT2D eigenvalue weighted by molar-refractivity contribution is 7.10. The second-order valence-electron chi connectivity index (χ2n) is 4.04. The van der Waals surface area contributed by atoms with Crippen LogP contribution in [-0.4, -0.2) is 11.1 Å². The quantitative estimate of drug-likeness (QED) is 0.897. The summed E-state index contributed by atoms with van der Waals surface area (Å²) in [6, 6.07) is 11.7. The SMILES string of the molecule is Cc1ccccc1CC(C(=O)O)c1cccs1. The fraction of sp³-hybridized carbons (Fsp3) is 0.214. The Morgan fingerprint density at radius 1 is 1.29 bits per heavy atom. The number of thiophene rings is 1. The van der Waals surface area contributed by atoms with Crippen molar-refractivity contribution in [3.8, 4) is 0 Å². The van der Waals surface area contributed by atoms with Crippen LogP contribution in [0.25, 0.3) is 0 Å². The summed E-state index contributed by atoms with van der Waals surface area (Å²) in [7, 11) is 0. The molecule has 2 aromatic rings. The zero-order valence-electron chi connectivity index (χ0n) is 9.59. The molecule has 1 unspecified atom stereocenters. The molecule has 0 radical (unpaired) electrons. The monoisotopic (exact) mass is 246 g/mol. The van der Waals surface area contributed by atoms with Gasteiger partial charge in [0.15, 0.2) is 0 Å². The highest BCUT2D eigenvalue weighted by atomic mass is 32.1. The highest BCUT2D eigenvalue weighted by Gasteiger charge is 2.21. The Morgan fingerprint density at radius 3 is 2.65 bits per heavy atom. The van der Waals surface area contributed by atoms with E-state index in [4.69, 9.17) is 0 Å². The Morgan fingerprint density at radius 2 is 2.06 bits per heavy atom. The number of hydrogen-bond acceptors (Lipinski definition) is 2. The third-order valence-corrected chi connectivity index (χ3v) is 3.86. The maximum Gasteiger partial charge on any atom is 0.312 e. The molecule has 1 atom stereocenters. The predicted octanol–water partition coefficient (Wildman–Crippen LogP) is 3.47. The summed E-state index contributed by atoms with van der Waals surface area (Å²) in [5.41, 5.74) is 2.25. The second-order valence-corrected chi connectivity index (χ2v) is 5.02. The highest BCUT2D eigenvalue weighted by Crippen LogP contribution is 2.26. The first-order chi connectivity index (χ1) is 8.18. The standard InChI is InChI=1S/C14H14O2S/c1-10-5-2-3-6-11(10)9-12(14(15)16)13-7-4-8-17-13/h2-8,12H,9H2,1H3,(H,15,16). The van der Waals surface area contributed by atoms with E-state index in [2.05, 4.69) is 0 Å². The lowest BCUT2D eigenvalue weighted by Crippen LogP contribution is -2.13. The van der Waals surface area contributed by atoms with Gasteiger partial charge >= 0.3 is 5.97 Å². The maximum atomic E-state index is 11.3. The molecule has 0 bridgehead atoms. The Hall–Kier alpha value is -1.61. The van der Waals surface area contributed by atoms with Gasteiger partial charge in [-0.3, -0.25) is 4.79 Å². The number of carbonyl (C=O) groups is 1. The zero-order chi connectivity index (χ0) is 12.3. The van der Waals surface area contributed by atoms with E-state index in [1.54, 1.807) is 0 Å². The van der Waals surface area contributed by atoms with Crippen molar-refractivity contribution in [1.82, 2.24) is 0 Å². The van der Waals surface area contributed by atoms with Crippen LogP contribution in [0, 0.1) is 6.92 Å². The topological polar surface area (TPSA) is 37.3 Å². The molecular formula is C14H14O2S. The molecule has 1 aromatic heterocycles. The molecule has 1 N–H and O–H groups in total. The van der Waals surface area contributed by atoms with Gasteiger partial charge in [0.2, 0.25) is 0 Å². The van der Waals surface area contributed by atoms with E-state index in [1.807, 2.05) is 48.7 Å². The normalized spacial score (nSPS) is 12.3. The zero-order valence-corrected chi connectivity index (χ0v) is 10.4. The van der Waals surface area contributed by atoms with Gasteiger partial charge in [0.1, 0.15) is 0 Å². The van der Waals surface area contributed by atoms with Crippen LogP contribution in [0.2, 0.25) is 0 Å². The number of benzene rings is 1. The molecule has 0 fully saturated rings. The number of carboxylic acid groups (broad SMARTS) is 1. The Kier molecular flexibility index (Phi) is 3.59. The van der Waals surface area contributed by atoms with Crippen LogP contribution in [-0.2, 0) is 11.2 Å². The fourth-order valence-corrected chi connectivity index (χ4v) is 2.68. The summed E-state index contributed by atoms with van der Waals surface area (Å²) in [5.74, 6) is -1.19. The Labute approximate surface area is 105 Å². The van der Waals surface area contributed by atoms with E-state index < -0.39 is 11.9 Å². The van der Waals surface area contributed by atoms with Gasteiger partial charge in [-0.2, -0.15) is 0 Å². The van der Waals surface area contributed by atoms with Gasteiger partial charge < -0.3 is 5.11 Å². The molecule has 0 saturated carbocycles. The van der Waals surface area contributed by atoms with Gasteiger partial charge in [0, 0.05) is 4.88 Å². The molecule has 88 valence electrons. The Balaban J connectivity index is 2.26. The Bertz CT molecular complexity index is 503. The van der Waals surface area contributed by atoms with Gasteiger partial charge in [-0.15, -0.1) is 11.3 Å². The predicted molar refractivity (Wildman–Crippen MR) is 69.6 cm³/mol. The fourth-order valence-electron chi connectivity index (χ4n) is 1.86. The molecule has 0 aliphatic carbocycles. The van der Waals surface area contributed by atoms with Crippen molar-refractivity contribution < 1.29 is 9.90 Å². The summed E-state index contributed by atoms with van der Waals surface area (Å²) in [6.07, 6.45) is 0.558. The van der Waals surface area contributed by atoms with Crippen molar-refractivity contribution in [3.63, 3.8) is 0 Å². The lowest BCUT2D eigenvalue weighted by molar-refractivity contribution is -0.138. The van der Waals surface area contributed by atoms with Crippen molar-refractivity contribution in [2.75, 3.05) is 0 Å². The summed E-state index contributed by atoms with van der Waals surface area (Å²) >= 11 is 1.50. The summed E-state index contributed by atoms with van der Waals surface area (Å²) in [5, 5.41) is 11.2. The summed E-state index contributed by atoms with van der Waals surface area (Å²) < 4.78 is 0. The molecule has 0 aliphatic heterocycles. The summed E-state index contributed by atoms with van der Waals surface area (Å²) in [6.45, 7) is 2.02. The maximum absolute atomic E-state index is 11.3. The van der Waals surface area contributed by atoms with Gasteiger partial charge in [0.25, 0.3) is 0 Å². The molecule has 17 heavy (non-hydrogen) atoms. The van der Waals surface area contributed by atoms with Crippen LogP contribution in [0.3, 0.4) is 0 Å². The van der Waals surface area contributed by atoms with E-state index in [9.17, 15) is 9.90 Å². The van der Waals surface area contributed by atoms with Gasteiger partial charge in [0.05, 0.1) is 5.92 Å². The van der Waals surface area contributed by atoms with Crippen LogP contribution < -0.4 is 0 Å². The third-order valence-electron chi connectivity index (χ3n) is 2.87. The average Bonchev–Trinajstić information content (AvgIpc) is 2.81. The molecule has 0 aliphatic rings. The van der Waals surface area contributed by atoms with E-state index in [0.29, 0.717) is 6.42 Å². The molecule has 0 spiro atoms. The van der Waals surface area contributed by atoms with Crippen LogP contribution >= 0.6 is 11.3 Å². The molecule has 2 rings (SSSR count). The van der Waals surface area contributed by atoms with Crippen molar-refractivity contribution in [2.45, 2.75) is 19.3 Å². The van der Waals surface area contributed by atoms with E-state index >= 15 is 0 Å². The van der Waals surface area contributed by atoms with Crippen LogP contribution in [0.4, 0.5) is 0 Å². The molecule has 1 aromatic carbocycles. The molecule has 1 heterocycles. The summed E-state index contributed by atoms with van der Waals surface area (Å²) in [4.78, 5) is 12.2. The van der Waals surface area contributed by atoms with Gasteiger partial charge in [-0.25, -0.2) is 0 Å². The van der Waals surface area contributed by atoms with Crippen LogP contribution in [0.15, 0.2) is 41.8 Å². The largest absolute Gasteiger partial charge is 0.481 e. The number of rotatable bonds is 4. The number of aryl methyl sites for hydroxylation is 1. The molecule has 0 saturated heterocycles.